The van der Waals surface area contributed by atoms with Gasteiger partial charge >= 0.3 is 0 Å². The summed E-state index contributed by atoms with van der Waals surface area (Å²) in [5.41, 5.74) is 0.146. The molecule has 0 aliphatic carbocycles. The van der Waals surface area contributed by atoms with Crippen LogP contribution in [0.3, 0.4) is 0 Å². The molecule has 0 unspecified atom stereocenters. The predicted molar refractivity (Wildman–Crippen MR) is 101 cm³/mol. The summed E-state index contributed by atoms with van der Waals surface area (Å²) >= 11 is 3.27. The van der Waals surface area contributed by atoms with Crippen molar-refractivity contribution in [2.45, 2.75) is 24.2 Å². The van der Waals surface area contributed by atoms with Crippen LogP contribution in [0.15, 0.2) is 45.9 Å². The van der Waals surface area contributed by atoms with E-state index < -0.39 is 15.9 Å². The Morgan fingerprint density at radius 2 is 1.92 bits per heavy atom. The fourth-order valence-electron chi connectivity index (χ4n) is 2.76. The largest absolute Gasteiger partial charge is 0.504 e. The third kappa shape index (κ3) is 3.89. The Kier molecular flexibility index (Phi) is 5.59. The number of nitrogens with zero attached hydrogens (tertiary/aromatic N) is 2. The molecule has 0 spiro atoms. The van der Waals surface area contributed by atoms with Crippen molar-refractivity contribution in [1.82, 2.24) is 9.29 Å². The third-order valence-corrected chi connectivity index (χ3v) is 6.74. The van der Waals surface area contributed by atoms with Gasteiger partial charge in [-0.2, -0.15) is 4.31 Å². The van der Waals surface area contributed by atoms with Gasteiger partial charge in [-0.3, -0.25) is 4.79 Å². The van der Waals surface area contributed by atoms with E-state index in [2.05, 4.69) is 26.2 Å². The lowest BCUT2D eigenvalue weighted by atomic mass is 10.2. The van der Waals surface area contributed by atoms with Gasteiger partial charge in [0.15, 0.2) is 11.6 Å². The van der Waals surface area contributed by atoms with E-state index in [1.165, 1.54) is 40.8 Å². The van der Waals surface area contributed by atoms with Crippen molar-refractivity contribution in [1.29, 1.82) is 0 Å². The number of hydrogen-bond acceptors (Lipinski definition) is 5. The molecule has 1 fully saturated rings. The van der Waals surface area contributed by atoms with Gasteiger partial charge in [-0.15, -0.1) is 0 Å². The molecule has 2 heterocycles. The lowest BCUT2D eigenvalue weighted by Gasteiger charge is -2.26. The Bertz CT molecular complexity index is 927. The number of amides is 1. The maximum atomic E-state index is 12.8. The molecule has 0 atom stereocenters. The van der Waals surface area contributed by atoms with Crippen molar-refractivity contribution in [3.63, 3.8) is 0 Å². The van der Waals surface area contributed by atoms with Crippen molar-refractivity contribution in [2.75, 3.05) is 18.4 Å². The van der Waals surface area contributed by atoms with Crippen LogP contribution >= 0.6 is 15.9 Å². The van der Waals surface area contributed by atoms with Crippen LogP contribution in [0.5, 0.6) is 5.75 Å². The Balaban J connectivity index is 1.90. The summed E-state index contributed by atoms with van der Waals surface area (Å²) in [6.45, 7) is 0.976. The molecule has 0 saturated carbocycles. The van der Waals surface area contributed by atoms with Crippen molar-refractivity contribution < 1.29 is 18.3 Å². The number of rotatable bonds is 4. The van der Waals surface area contributed by atoms with Crippen LogP contribution in [0.25, 0.3) is 0 Å². The number of aromatic hydroxyl groups is 1. The quantitative estimate of drug-likeness (QED) is 0.762. The monoisotopic (exact) mass is 439 g/mol. The van der Waals surface area contributed by atoms with E-state index in [1.807, 2.05) is 0 Å². The lowest BCUT2D eigenvalue weighted by molar-refractivity contribution is 0.102. The van der Waals surface area contributed by atoms with Crippen LogP contribution in [0, 0.1) is 0 Å². The number of pyridine rings is 1. The smallest absolute Gasteiger partial charge is 0.258 e. The van der Waals surface area contributed by atoms with Crippen LogP contribution in [-0.2, 0) is 10.0 Å². The molecule has 1 aliphatic heterocycles. The van der Waals surface area contributed by atoms with Crippen LogP contribution < -0.4 is 5.32 Å². The van der Waals surface area contributed by atoms with Gasteiger partial charge in [0, 0.05) is 23.8 Å². The number of nitrogens with one attached hydrogen (secondary N) is 1. The minimum atomic E-state index is -3.65. The normalized spacial score (nSPS) is 15.6. The number of benzene rings is 1. The molecule has 2 N–H and O–H groups in total. The Labute approximate surface area is 160 Å². The first-order valence-electron chi connectivity index (χ1n) is 8.14. The van der Waals surface area contributed by atoms with Crippen molar-refractivity contribution >= 4 is 37.7 Å². The van der Waals surface area contributed by atoms with E-state index >= 15 is 0 Å². The minimum absolute atomic E-state index is 0.00805. The SMILES string of the molecule is O=C(Nc1ncccc1O)c1cc(S(=O)(=O)N2CCCCC2)ccc1Br. The molecule has 1 aromatic heterocycles. The zero-order chi connectivity index (χ0) is 18.7. The van der Waals surface area contributed by atoms with Gasteiger partial charge in [0.1, 0.15) is 0 Å². The second kappa shape index (κ2) is 7.73. The maximum Gasteiger partial charge on any atom is 0.258 e. The molecule has 1 aliphatic rings. The average molecular weight is 440 g/mol. The third-order valence-electron chi connectivity index (χ3n) is 4.15. The summed E-state index contributed by atoms with van der Waals surface area (Å²) in [6, 6.07) is 7.28. The number of anilines is 1. The van der Waals surface area contributed by atoms with Crippen molar-refractivity contribution in [2.24, 2.45) is 0 Å². The average Bonchev–Trinajstić information content (AvgIpc) is 2.64. The second-order valence-electron chi connectivity index (χ2n) is 5.93. The van der Waals surface area contributed by atoms with Gasteiger partial charge in [0.2, 0.25) is 10.0 Å². The molecule has 1 aromatic carbocycles. The van der Waals surface area contributed by atoms with E-state index in [0.29, 0.717) is 17.6 Å². The molecule has 3 rings (SSSR count). The lowest BCUT2D eigenvalue weighted by Crippen LogP contribution is -2.35. The maximum absolute atomic E-state index is 12.8. The summed E-state index contributed by atoms with van der Waals surface area (Å²) in [6.07, 6.45) is 4.12. The first kappa shape index (κ1) is 18.8. The number of carbonyl (C=O) groups is 1. The molecule has 1 amide bonds. The molecule has 1 saturated heterocycles. The fourth-order valence-corrected chi connectivity index (χ4v) is 4.73. The molecule has 0 bridgehead atoms. The van der Waals surface area contributed by atoms with Crippen LogP contribution in [0.1, 0.15) is 29.6 Å². The van der Waals surface area contributed by atoms with Gasteiger partial charge < -0.3 is 10.4 Å². The number of hydrogen-bond donors (Lipinski definition) is 2. The Hall–Kier alpha value is -1.97. The highest BCUT2D eigenvalue weighted by atomic mass is 79.9. The van der Waals surface area contributed by atoms with Gasteiger partial charge in [-0.05, 0) is 59.1 Å². The molecule has 0 radical (unpaired) electrons. The molecular formula is C17H18BrN3O4S. The van der Waals surface area contributed by atoms with Gasteiger partial charge in [-0.25, -0.2) is 13.4 Å². The first-order valence-corrected chi connectivity index (χ1v) is 10.4. The fraction of sp³-hybridized carbons (Fsp3) is 0.294. The van der Waals surface area contributed by atoms with Crippen LogP contribution in [0.4, 0.5) is 5.82 Å². The van der Waals surface area contributed by atoms with E-state index in [0.717, 1.165) is 19.3 Å². The van der Waals surface area contributed by atoms with Gasteiger partial charge in [-0.1, -0.05) is 6.42 Å². The summed E-state index contributed by atoms with van der Waals surface area (Å²) in [7, 11) is -3.65. The van der Waals surface area contributed by atoms with E-state index in [1.54, 1.807) is 0 Å². The van der Waals surface area contributed by atoms with Gasteiger partial charge in [0.25, 0.3) is 5.91 Å². The van der Waals surface area contributed by atoms with E-state index in [4.69, 9.17) is 0 Å². The van der Waals surface area contributed by atoms with Crippen LogP contribution in [0.2, 0.25) is 0 Å². The highest BCUT2D eigenvalue weighted by molar-refractivity contribution is 9.10. The van der Waals surface area contributed by atoms with Crippen molar-refractivity contribution in [3.05, 3.63) is 46.6 Å². The highest BCUT2D eigenvalue weighted by Crippen LogP contribution is 2.27. The predicted octanol–water partition coefficient (Wildman–Crippen LogP) is 2.98. The molecule has 138 valence electrons. The number of aromatic nitrogens is 1. The summed E-state index contributed by atoms with van der Waals surface area (Å²) in [5.74, 6) is -0.732. The molecule has 26 heavy (non-hydrogen) atoms. The highest BCUT2D eigenvalue weighted by Gasteiger charge is 2.27. The standard InChI is InChI=1S/C17H18BrN3O4S/c18-14-7-6-12(26(24,25)21-9-2-1-3-10-21)11-13(14)17(23)20-16-15(22)5-4-8-19-16/h4-8,11,22H,1-3,9-10H2,(H,19,20,23). The van der Waals surface area contributed by atoms with Crippen molar-refractivity contribution in [3.8, 4) is 5.75 Å². The summed E-state index contributed by atoms with van der Waals surface area (Å²) < 4.78 is 27.5. The topological polar surface area (TPSA) is 99.6 Å². The molecular weight excluding hydrogens is 422 g/mol. The van der Waals surface area contributed by atoms with Crippen LogP contribution in [-0.4, -0.2) is 41.8 Å². The summed E-state index contributed by atoms with van der Waals surface area (Å²) in [4.78, 5) is 16.5. The summed E-state index contributed by atoms with van der Waals surface area (Å²) in [5, 5.41) is 12.2. The molecule has 7 nitrogen and oxygen atoms in total. The zero-order valence-corrected chi connectivity index (χ0v) is 16.3. The first-order chi connectivity index (χ1) is 12.4. The minimum Gasteiger partial charge on any atom is -0.504 e. The molecule has 9 heteroatoms. The Morgan fingerprint density at radius 1 is 1.19 bits per heavy atom. The van der Waals surface area contributed by atoms with E-state index in [-0.39, 0.29) is 22.0 Å². The molecule has 2 aromatic rings. The van der Waals surface area contributed by atoms with E-state index in [9.17, 15) is 18.3 Å². The Morgan fingerprint density at radius 3 is 2.62 bits per heavy atom. The van der Waals surface area contributed by atoms with Gasteiger partial charge in [0.05, 0.1) is 10.5 Å². The zero-order valence-electron chi connectivity index (χ0n) is 13.9. The number of halogens is 1. The number of sulfonamides is 1. The number of piperidine rings is 1. The number of carbonyl (C=O) groups excluding carboxylic acids is 1. The second-order valence-corrected chi connectivity index (χ2v) is 8.72.